The lowest BCUT2D eigenvalue weighted by molar-refractivity contribution is -0.276. The number of carbonyl (C=O) groups excluding carboxylic acids is 1. The Bertz CT molecular complexity index is 1890. The highest BCUT2D eigenvalue weighted by Crippen LogP contribution is 2.42. The summed E-state index contributed by atoms with van der Waals surface area (Å²) in [5.74, 6) is 0.0714. The molecule has 0 radical (unpaired) electrons. The summed E-state index contributed by atoms with van der Waals surface area (Å²) in [4.78, 5) is 14.3. The van der Waals surface area contributed by atoms with E-state index in [1.54, 1.807) is 0 Å². The Morgan fingerprint density at radius 2 is 1.62 bits per heavy atom. The summed E-state index contributed by atoms with van der Waals surface area (Å²) >= 11 is 0. The molecule has 1 aliphatic heterocycles. The van der Waals surface area contributed by atoms with Crippen molar-refractivity contribution in [2.24, 2.45) is 5.92 Å². The number of aliphatic hydroxyl groups excluding tert-OH is 1. The molecule has 0 spiro atoms. The normalized spacial score (nSPS) is 19.6. The number of alkyl carbamates (subject to hydrolysis) is 1. The third-order valence-corrected chi connectivity index (χ3v) is 9.72. The Hall–Kier alpha value is -4.79. The zero-order valence-electron chi connectivity index (χ0n) is 29.0. The van der Waals surface area contributed by atoms with Crippen LogP contribution in [0.25, 0.3) is 21.9 Å². The molecule has 5 atom stereocenters. The maximum absolute atomic E-state index is 11.9. The Balaban J connectivity index is 1.20. The fourth-order valence-electron chi connectivity index (χ4n) is 6.55. The zero-order chi connectivity index (χ0) is 35.0. The van der Waals surface area contributed by atoms with E-state index in [1.807, 2.05) is 24.3 Å². The number of hydrogen-bond acceptors (Lipinski definition) is 6. The van der Waals surface area contributed by atoms with Crippen LogP contribution in [-0.2, 0) is 27.4 Å². The summed E-state index contributed by atoms with van der Waals surface area (Å²) in [7, 11) is 2.16. The molecule has 1 heterocycles. The zero-order valence-corrected chi connectivity index (χ0v) is 29.0. The van der Waals surface area contributed by atoms with Crippen molar-refractivity contribution in [3.05, 3.63) is 156 Å². The van der Waals surface area contributed by atoms with E-state index in [0.717, 1.165) is 39.9 Å². The van der Waals surface area contributed by atoms with Gasteiger partial charge >= 0.3 is 6.09 Å². The molecule has 5 aromatic carbocycles. The third-order valence-electron chi connectivity index (χ3n) is 9.72. The molecule has 0 aliphatic carbocycles. The molecule has 1 amide bonds. The Morgan fingerprint density at radius 1 is 0.880 bits per heavy atom. The van der Waals surface area contributed by atoms with Crippen molar-refractivity contribution in [2.45, 2.75) is 51.5 Å². The molecule has 258 valence electrons. The van der Waals surface area contributed by atoms with Crippen LogP contribution in [0.5, 0.6) is 0 Å². The summed E-state index contributed by atoms with van der Waals surface area (Å²) < 4.78 is 18.5. The minimum absolute atomic E-state index is 0.00121. The van der Waals surface area contributed by atoms with E-state index in [2.05, 4.69) is 129 Å². The summed E-state index contributed by atoms with van der Waals surface area (Å²) in [5, 5.41) is 14.9. The van der Waals surface area contributed by atoms with Crippen LogP contribution in [0.1, 0.15) is 60.1 Å². The van der Waals surface area contributed by atoms with Crippen LogP contribution in [0.4, 0.5) is 4.79 Å². The van der Waals surface area contributed by atoms with E-state index in [1.165, 1.54) is 22.4 Å². The van der Waals surface area contributed by atoms with Crippen molar-refractivity contribution in [2.75, 3.05) is 20.2 Å². The van der Waals surface area contributed by atoms with Gasteiger partial charge in [0.15, 0.2) is 6.29 Å². The van der Waals surface area contributed by atoms with Gasteiger partial charge < -0.3 is 24.6 Å². The molecule has 2 N–H and O–H groups in total. The van der Waals surface area contributed by atoms with Gasteiger partial charge in [-0.2, -0.15) is 0 Å². The first-order chi connectivity index (χ1) is 24.3. The van der Waals surface area contributed by atoms with Gasteiger partial charge in [0.25, 0.3) is 0 Å². The highest BCUT2D eigenvalue weighted by atomic mass is 16.7. The van der Waals surface area contributed by atoms with Gasteiger partial charge in [-0.1, -0.05) is 123 Å². The molecule has 5 aromatic rings. The highest BCUT2D eigenvalue weighted by Gasteiger charge is 2.39. The van der Waals surface area contributed by atoms with Gasteiger partial charge in [0, 0.05) is 30.6 Å². The van der Waals surface area contributed by atoms with Crippen LogP contribution < -0.4 is 5.32 Å². The summed E-state index contributed by atoms with van der Waals surface area (Å²) in [5.41, 5.74) is 7.19. The Kier molecular flexibility index (Phi) is 11.4. The number of amides is 1. The van der Waals surface area contributed by atoms with E-state index >= 15 is 0 Å². The largest absolute Gasteiger partial charge is 0.445 e. The van der Waals surface area contributed by atoms with Crippen LogP contribution in [0, 0.1) is 5.92 Å². The van der Waals surface area contributed by atoms with E-state index in [4.69, 9.17) is 14.2 Å². The molecule has 1 aliphatic rings. The monoisotopic (exact) mass is 670 g/mol. The van der Waals surface area contributed by atoms with Crippen LogP contribution in [0.15, 0.2) is 128 Å². The lowest BCUT2D eigenvalue weighted by Crippen LogP contribution is -2.44. The standard InChI is InChI=1S/C43H46N2O5/c1-5-23-48-43(47)44-26-32-9-8-12-38(24-32)34-17-20-36(21-18-34)42-49-40(29(2)41(50-42)35-15-13-31(28-46)14-16-35)27-45(4)30(3)37-22-19-33-10-6-7-11-39(33)25-37/h5-22,24-25,29-30,40-42,46H,1,23,26-28H2,2-4H3,(H,44,47)/t29-,30-,40+,41+,42+/m1/s1. The van der Waals surface area contributed by atoms with Crippen molar-refractivity contribution in [3.63, 3.8) is 0 Å². The lowest BCUT2D eigenvalue weighted by Gasteiger charge is -2.43. The molecular formula is C43H46N2O5. The van der Waals surface area contributed by atoms with Crippen LogP contribution in [0.2, 0.25) is 0 Å². The number of nitrogens with zero attached hydrogens (tertiary/aromatic N) is 1. The maximum atomic E-state index is 11.9. The van der Waals surface area contributed by atoms with Crippen LogP contribution >= 0.6 is 0 Å². The van der Waals surface area contributed by atoms with E-state index < -0.39 is 12.4 Å². The summed E-state index contributed by atoms with van der Waals surface area (Å²) in [6.07, 6.45) is 0.200. The average Bonchev–Trinajstić information content (AvgIpc) is 3.16. The number of rotatable bonds is 12. The first kappa shape index (κ1) is 35.1. The topological polar surface area (TPSA) is 80.3 Å². The van der Waals surface area contributed by atoms with Crippen molar-refractivity contribution in [3.8, 4) is 11.1 Å². The molecule has 6 rings (SSSR count). The van der Waals surface area contributed by atoms with Gasteiger partial charge in [-0.3, -0.25) is 4.90 Å². The molecular weight excluding hydrogens is 624 g/mol. The predicted molar refractivity (Wildman–Crippen MR) is 198 cm³/mol. The van der Waals surface area contributed by atoms with Gasteiger partial charge in [-0.25, -0.2) is 4.79 Å². The smallest absolute Gasteiger partial charge is 0.407 e. The van der Waals surface area contributed by atoms with E-state index in [9.17, 15) is 9.90 Å². The molecule has 0 bridgehead atoms. The second kappa shape index (κ2) is 16.3. The quantitative estimate of drug-likeness (QED) is 0.129. The van der Waals surface area contributed by atoms with Crippen LogP contribution in [0.3, 0.4) is 0 Å². The van der Waals surface area contributed by atoms with Gasteiger partial charge in [-0.15, -0.1) is 0 Å². The van der Waals surface area contributed by atoms with Crippen molar-refractivity contribution in [1.29, 1.82) is 0 Å². The fourth-order valence-corrected chi connectivity index (χ4v) is 6.55. The Morgan fingerprint density at radius 3 is 2.36 bits per heavy atom. The predicted octanol–water partition coefficient (Wildman–Crippen LogP) is 8.90. The number of benzene rings is 5. The number of nitrogens with one attached hydrogen (secondary N) is 1. The molecule has 0 unspecified atom stereocenters. The van der Waals surface area contributed by atoms with Crippen molar-refractivity contribution in [1.82, 2.24) is 10.2 Å². The molecule has 1 saturated heterocycles. The molecule has 0 saturated carbocycles. The highest BCUT2D eigenvalue weighted by molar-refractivity contribution is 5.83. The molecule has 1 fully saturated rings. The van der Waals surface area contributed by atoms with E-state index in [-0.39, 0.29) is 37.4 Å². The van der Waals surface area contributed by atoms with Gasteiger partial charge in [0.1, 0.15) is 6.61 Å². The lowest BCUT2D eigenvalue weighted by atomic mass is 9.89. The minimum atomic E-state index is -0.561. The number of hydrogen-bond donors (Lipinski definition) is 2. The summed E-state index contributed by atoms with van der Waals surface area (Å²) in [6, 6.07) is 39.7. The number of carbonyl (C=O) groups is 1. The first-order valence-electron chi connectivity index (χ1n) is 17.2. The first-order valence-corrected chi connectivity index (χ1v) is 17.2. The van der Waals surface area contributed by atoms with Crippen LogP contribution in [-0.4, -0.2) is 42.4 Å². The van der Waals surface area contributed by atoms with Gasteiger partial charge in [-0.05, 0) is 70.3 Å². The number of fused-ring (bicyclic) bond motifs is 1. The SMILES string of the molecule is C=CCOC(=O)NCc1cccc(-c2ccc([C@H]3O[C@@H](CN(C)[C@H](C)c4ccc5ccccc5c4)[C@@H](C)[C@@H](c4ccc(CO)cc4)O3)cc2)c1. The van der Waals surface area contributed by atoms with Gasteiger partial charge in [0.05, 0.1) is 18.8 Å². The maximum Gasteiger partial charge on any atom is 0.407 e. The number of aliphatic hydroxyl groups is 1. The Labute approximate surface area is 295 Å². The molecule has 7 heteroatoms. The minimum Gasteiger partial charge on any atom is -0.445 e. The molecule has 50 heavy (non-hydrogen) atoms. The number of ether oxygens (including phenoxy) is 3. The van der Waals surface area contributed by atoms with Crippen molar-refractivity contribution >= 4 is 16.9 Å². The fraction of sp³-hybridized carbons (Fsp3) is 0.279. The second-order valence-electron chi connectivity index (χ2n) is 13.1. The third kappa shape index (κ3) is 8.32. The summed E-state index contributed by atoms with van der Waals surface area (Å²) in [6.45, 7) is 9.27. The van der Waals surface area contributed by atoms with E-state index in [0.29, 0.717) is 6.54 Å². The average molecular weight is 671 g/mol. The number of likely N-dealkylation sites (N-methyl/N-ethyl adjacent to an activating group) is 1. The molecule has 0 aromatic heterocycles. The van der Waals surface area contributed by atoms with Crippen molar-refractivity contribution < 1.29 is 24.1 Å². The molecule has 7 nitrogen and oxygen atoms in total. The van der Waals surface area contributed by atoms with Gasteiger partial charge in [0.2, 0.25) is 0 Å². The second-order valence-corrected chi connectivity index (χ2v) is 13.1.